The van der Waals surface area contributed by atoms with Gasteiger partial charge in [0.15, 0.2) is 5.76 Å². The van der Waals surface area contributed by atoms with Crippen LogP contribution in [0.4, 0.5) is 0 Å². The molecule has 0 fully saturated rings. The molecule has 0 unspecified atom stereocenters. The molecule has 0 radical (unpaired) electrons. The monoisotopic (exact) mass is 392 g/mol. The van der Waals surface area contributed by atoms with Crippen LogP contribution in [0.5, 0.6) is 5.75 Å². The van der Waals surface area contributed by atoms with E-state index in [1.54, 1.807) is 6.26 Å². The third kappa shape index (κ3) is 5.48. The van der Waals surface area contributed by atoms with Gasteiger partial charge in [-0.25, -0.2) is 0 Å². The molecule has 0 aliphatic rings. The van der Waals surface area contributed by atoms with E-state index in [1.807, 2.05) is 60.7 Å². The molecule has 152 valence electrons. The Bertz CT molecular complexity index is 901. The average Bonchev–Trinajstić information content (AvgIpc) is 3.26. The highest BCUT2D eigenvalue weighted by atomic mass is 16.5. The highest BCUT2D eigenvalue weighted by Gasteiger charge is 2.17. The van der Waals surface area contributed by atoms with E-state index in [0.717, 1.165) is 42.1 Å². The van der Waals surface area contributed by atoms with E-state index >= 15 is 0 Å². The van der Waals surface area contributed by atoms with Crippen molar-refractivity contribution in [2.75, 3.05) is 26.2 Å². The summed E-state index contributed by atoms with van der Waals surface area (Å²) in [6.07, 6.45) is 1.54. The van der Waals surface area contributed by atoms with Crippen molar-refractivity contribution in [3.63, 3.8) is 0 Å². The van der Waals surface area contributed by atoms with Crippen LogP contribution in [0.1, 0.15) is 30.0 Å². The van der Waals surface area contributed by atoms with Crippen LogP contribution in [0.3, 0.4) is 0 Å². The zero-order chi connectivity index (χ0) is 20.5. The quantitative estimate of drug-likeness (QED) is 0.548. The van der Waals surface area contributed by atoms with Gasteiger partial charge in [0.25, 0.3) is 5.91 Å². The smallest absolute Gasteiger partial charge is 0.287 e. The van der Waals surface area contributed by atoms with Crippen LogP contribution < -0.4 is 10.1 Å². The van der Waals surface area contributed by atoms with Crippen LogP contribution in [-0.4, -0.2) is 37.0 Å². The molecule has 2 aromatic carbocycles. The normalized spacial score (nSPS) is 10.9. The molecule has 3 aromatic rings. The molecule has 0 bridgehead atoms. The van der Waals surface area contributed by atoms with Gasteiger partial charge in [-0.2, -0.15) is 0 Å². The first-order chi connectivity index (χ1) is 14.2. The summed E-state index contributed by atoms with van der Waals surface area (Å²) in [7, 11) is 0. The Labute approximate surface area is 172 Å². The maximum Gasteiger partial charge on any atom is 0.287 e. The van der Waals surface area contributed by atoms with E-state index in [0.29, 0.717) is 18.9 Å². The first-order valence-corrected chi connectivity index (χ1v) is 10.1. The Kier molecular flexibility index (Phi) is 7.47. The van der Waals surface area contributed by atoms with Gasteiger partial charge in [-0.1, -0.05) is 62.4 Å². The van der Waals surface area contributed by atoms with Crippen molar-refractivity contribution in [1.82, 2.24) is 10.2 Å². The number of carbonyl (C=O) groups excluding carboxylic acids is 1. The SMILES string of the molecule is CCN(CC)CCOc1ccccc1CNC(=O)c1occc1-c1ccccc1. The Morgan fingerprint density at radius 1 is 1.00 bits per heavy atom. The third-order valence-corrected chi connectivity index (χ3v) is 4.93. The minimum atomic E-state index is -0.244. The molecule has 5 nitrogen and oxygen atoms in total. The van der Waals surface area contributed by atoms with Crippen LogP contribution in [0.2, 0.25) is 0 Å². The number of nitrogens with one attached hydrogen (secondary N) is 1. The molecule has 1 heterocycles. The number of carbonyl (C=O) groups is 1. The van der Waals surface area contributed by atoms with E-state index in [-0.39, 0.29) is 5.91 Å². The molecule has 1 N–H and O–H groups in total. The van der Waals surface area contributed by atoms with E-state index in [1.165, 1.54) is 0 Å². The molecular weight excluding hydrogens is 364 g/mol. The standard InChI is InChI=1S/C24H28N2O3/c1-3-26(4-2)15-17-28-22-13-9-8-12-20(22)18-25-24(27)23-21(14-16-29-23)19-10-6-5-7-11-19/h5-14,16H,3-4,15,17-18H2,1-2H3,(H,25,27). The molecule has 3 rings (SSSR count). The van der Waals surface area contributed by atoms with E-state index < -0.39 is 0 Å². The molecule has 0 aliphatic carbocycles. The fraction of sp³-hybridized carbons (Fsp3) is 0.292. The van der Waals surface area contributed by atoms with E-state index in [9.17, 15) is 4.79 Å². The first kappa shape index (κ1) is 20.7. The lowest BCUT2D eigenvalue weighted by Crippen LogP contribution is -2.28. The van der Waals surface area contributed by atoms with E-state index in [4.69, 9.17) is 9.15 Å². The summed E-state index contributed by atoms with van der Waals surface area (Å²) in [6, 6.07) is 19.3. The van der Waals surface area contributed by atoms with Crippen LogP contribution in [0.25, 0.3) is 11.1 Å². The van der Waals surface area contributed by atoms with Gasteiger partial charge in [-0.15, -0.1) is 0 Å². The summed E-state index contributed by atoms with van der Waals surface area (Å²) in [6.45, 7) is 8.16. The zero-order valence-electron chi connectivity index (χ0n) is 17.1. The van der Waals surface area contributed by atoms with Gasteiger partial charge >= 0.3 is 0 Å². The first-order valence-electron chi connectivity index (χ1n) is 10.1. The van der Waals surface area contributed by atoms with Crippen molar-refractivity contribution in [2.24, 2.45) is 0 Å². The lowest BCUT2D eigenvalue weighted by molar-refractivity contribution is 0.0923. The number of amides is 1. The topological polar surface area (TPSA) is 54.7 Å². The highest BCUT2D eigenvalue weighted by molar-refractivity contribution is 5.98. The number of para-hydroxylation sites is 1. The fourth-order valence-corrected chi connectivity index (χ4v) is 3.20. The van der Waals surface area contributed by atoms with Gasteiger partial charge in [0, 0.05) is 24.2 Å². The van der Waals surface area contributed by atoms with Gasteiger partial charge in [-0.3, -0.25) is 4.79 Å². The van der Waals surface area contributed by atoms with Gasteiger partial charge < -0.3 is 19.4 Å². The molecule has 0 saturated carbocycles. The van der Waals surface area contributed by atoms with E-state index in [2.05, 4.69) is 24.1 Å². The Hall–Kier alpha value is -3.05. The molecule has 0 saturated heterocycles. The van der Waals surface area contributed by atoms with Gasteiger partial charge in [0.2, 0.25) is 0 Å². The Morgan fingerprint density at radius 3 is 2.48 bits per heavy atom. The summed E-state index contributed by atoms with van der Waals surface area (Å²) in [5.74, 6) is 0.866. The summed E-state index contributed by atoms with van der Waals surface area (Å²) in [5.41, 5.74) is 2.67. The Balaban J connectivity index is 1.62. The van der Waals surface area contributed by atoms with Crippen LogP contribution in [-0.2, 0) is 6.54 Å². The van der Waals surface area contributed by atoms with Crippen LogP contribution in [0.15, 0.2) is 71.3 Å². The van der Waals surface area contributed by atoms with Gasteiger partial charge in [-0.05, 0) is 30.8 Å². The Morgan fingerprint density at radius 2 is 1.72 bits per heavy atom. The molecule has 1 amide bonds. The lowest BCUT2D eigenvalue weighted by Gasteiger charge is -2.19. The average molecular weight is 392 g/mol. The second-order valence-electron chi connectivity index (χ2n) is 6.70. The van der Waals surface area contributed by atoms with Crippen LogP contribution >= 0.6 is 0 Å². The number of nitrogens with zero attached hydrogens (tertiary/aromatic N) is 1. The number of ether oxygens (including phenoxy) is 1. The molecule has 0 spiro atoms. The van der Waals surface area contributed by atoms with Crippen molar-refractivity contribution >= 4 is 5.91 Å². The molecular formula is C24H28N2O3. The highest BCUT2D eigenvalue weighted by Crippen LogP contribution is 2.25. The second-order valence-corrected chi connectivity index (χ2v) is 6.70. The lowest BCUT2D eigenvalue weighted by atomic mass is 10.1. The number of rotatable bonds is 10. The zero-order valence-corrected chi connectivity index (χ0v) is 17.1. The maximum atomic E-state index is 12.7. The summed E-state index contributed by atoms with van der Waals surface area (Å²) < 4.78 is 11.4. The number of likely N-dealkylation sites (N-methyl/N-ethyl adjacent to an activating group) is 1. The second kappa shape index (κ2) is 10.5. The predicted molar refractivity (Wildman–Crippen MR) is 115 cm³/mol. The predicted octanol–water partition coefficient (Wildman–Crippen LogP) is 4.60. The summed E-state index contributed by atoms with van der Waals surface area (Å²) >= 11 is 0. The van der Waals surface area contributed by atoms with Crippen molar-refractivity contribution in [2.45, 2.75) is 20.4 Å². The summed E-state index contributed by atoms with van der Waals surface area (Å²) in [5, 5.41) is 2.95. The van der Waals surface area contributed by atoms with Crippen LogP contribution in [0, 0.1) is 0 Å². The molecule has 29 heavy (non-hydrogen) atoms. The largest absolute Gasteiger partial charge is 0.492 e. The minimum absolute atomic E-state index is 0.244. The van der Waals surface area contributed by atoms with Crippen molar-refractivity contribution in [3.8, 4) is 16.9 Å². The minimum Gasteiger partial charge on any atom is -0.492 e. The van der Waals surface area contributed by atoms with Gasteiger partial charge in [0.05, 0.1) is 6.26 Å². The maximum absolute atomic E-state index is 12.7. The number of furan rings is 1. The molecule has 1 aromatic heterocycles. The van der Waals surface area contributed by atoms with Gasteiger partial charge in [0.1, 0.15) is 12.4 Å². The summed E-state index contributed by atoms with van der Waals surface area (Å²) in [4.78, 5) is 15.0. The van der Waals surface area contributed by atoms with Crippen molar-refractivity contribution in [3.05, 3.63) is 78.3 Å². The number of hydrogen-bond donors (Lipinski definition) is 1. The number of benzene rings is 2. The van der Waals surface area contributed by atoms with Crippen molar-refractivity contribution in [1.29, 1.82) is 0 Å². The van der Waals surface area contributed by atoms with Crippen molar-refractivity contribution < 1.29 is 13.9 Å². The molecule has 0 aliphatic heterocycles. The third-order valence-electron chi connectivity index (χ3n) is 4.93. The number of hydrogen-bond acceptors (Lipinski definition) is 4. The molecule has 5 heteroatoms. The molecule has 0 atom stereocenters. The fourth-order valence-electron chi connectivity index (χ4n) is 3.20.